The number of rotatable bonds is 1. The monoisotopic (exact) mass is 231 g/mol. The van der Waals surface area contributed by atoms with Crippen molar-refractivity contribution in [1.82, 2.24) is 4.98 Å². The predicted molar refractivity (Wildman–Crippen MR) is 44.0 cm³/mol. The molecular formula is C6H2Cl3F2N. The molecule has 6 heteroatoms. The van der Waals surface area contributed by atoms with Gasteiger partial charge in [0.15, 0.2) is 0 Å². The third kappa shape index (κ3) is 2.44. The molecule has 1 aromatic rings. The Morgan fingerprint density at radius 2 is 1.58 bits per heavy atom. The lowest BCUT2D eigenvalue weighted by Gasteiger charge is -2.07. The van der Waals surface area contributed by atoms with Crippen LogP contribution in [0.1, 0.15) is 5.56 Å². The lowest BCUT2D eigenvalue weighted by atomic mass is 10.3. The van der Waals surface area contributed by atoms with Crippen LogP contribution in [0.25, 0.3) is 0 Å². The molecule has 12 heavy (non-hydrogen) atoms. The zero-order valence-corrected chi connectivity index (χ0v) is 7.76. The van der Waals surface area contributed by atoms with Crippen LogP contribution in [0.4, 0.5) is 8.78 Å². The van der Waals surface area contributed by atoms with Crippen LogP contribution in [0.15, 0.2) is 12.1 Å². The van der Waals surface area contributed by atoms with Crippen LogP contribution in [0.2, 0.25) is 10.3 Å². The SMILES string of the molecule is FC(F)(Cl)c1cc(Cl)nc(Cl)c1. The van der Waals surface area contributed by atoms with Crippen molar-refractivity contribution >= 4 is 34.8 Å². The number of nitrogens with zero attached hydrogens (tertiary/aromatic N) is 1. The van der Waals surface area contributed by atoms with Crippen molar-refractivity contribution in [3.8, 4) is 0 Å². The topological polar surface area (TPSA) is 12.9 Å². The predicted octanol–water partition coefficient (Wildman–Crippen LogP) is 3.68. The number of hydrogen-bond donors (Lipinski definition) is 0. The third-order valence-corrected chi connectivity index (χ3v) is 1.70. The molecule has 1 rings (SSSR count). The Bertz CT molecular complexity index is 277. The second kappa shape index (κ2) is 3.32. The molecule has 0 radical (unpaired) electrons. The first-order valence-electron chi connectivity index (χ1n) is 2.80. The molecule has 0 unspecified atom stereocenters. The molecule has 0 aliphatic rings. The van der Waals surface area contributed by atoms with Crippen LogP contribution in [0, 0.1) is 0 Å². The van der Waals surface area contributed by atoms with Gasteiger partial charge in [-0.15, -0.1) is 0 Å². The van der Waals surface area contributed by atoms with Crippen molar-refractivity contribution in [3.05, 3.63) is 28.0 Å². The minimum atomic E-state index is -3.46. The average molecular weight is 232 g/mol. The number of halogens is 5. The molecule has 0 aliphatic carbocycles. The van der Waals surface area contributed by atoms with Crippen molar-refractivity contribution in [3.63, 3.8) is 0 Å². The Labute approximate surface area is 82.3 Å². The first kappa shape index (κ1) is 9.96. The second-order valence-electron chi connectivity index (χ2n) is 2.00. The molecule has 0 saturated carbocycles. The van der Waals surface area contributed by atoms with Gasteiger partial charge in [0, 0.05) is 5.56 Å². The summed E-state index contributed by atoms with van der Waals surface area (Å²) in [6, 6.07) is 1.92. The van der Waals surface area contributed by atoms with Crippen LogP contribution in [-0.4, -0.2) is 4.98 Å². The van der Waals surface area contributed by atoms with Gasteiger partial charge < -0.3 is 0 Å². The maximum atomic E-state index is 12.4. The van der Waals surface area contributed by atoms with Gasteiger partial charge in [-0.1, -0.05) is 23.2 Å². The maximum absolute atomic E-state index is 12.4. The fourth-order valence-corrected chi connectivity index (χ4v) is 1.20. The standard InChI is InChI=1S/C6H2Cl3F2N/c7-4-1-3(6(9,10)11)2-5(8)12-4/h1-2H. The van der Waals surface area contributed by atoms with Gasteiger partial charge in [-0.2, -0.15) is 8.78 Å². The Kier molecular flexibility index (Phi) is 2.76. The molecule has 0 aromatic carbocycles. The highest BCUT2D eigenvalue weighted by Crippen LogP contribution is 2.34. The number of alkyl halides is 3. The minimum absolute atomic E-state index is 0.113. The molecule has 0 atom stereocenters. The number of pyridine rings is 1. The van der Waals surface area contributed by atoms with E-state index in [0.717, 1.165) is 12.1 Å². The van der Waals surface area contributed by atoms with Crippen molar-refractivity contribution in [2.45, 2.75) is 5.38 Å². The highest BCUT2D eigenvalue weighted by atomic mass is 35.5. The molecule has 1 heterocycles. The third-order valence-electron chi connectivity index (χ3n) is 1.09. The van der Waals surface area contributed by atoms with Gasteiger partial charge in [-0.3, -0.25) is 0 Å². The molecule has 0 aliphatic heterocycles. The second-order valence-corrected chi connectivity index (χ2v) is 3.25. The summed E-state index contributed by atoms with van der Waals surface area (Å²) >= 11 is 15.5. The average Bonchev–Trinajstić information content (AvgIpc) is 1.82. The van der Waals surface area contributed by atoms with E-state index in [4.69, 9.17) is 34.8 Å². The van der Waals surface area contributed by atoms with Gasteiger partial charge in [0.2, 0.25) is 0 Å². The van der Waals surface area contributed by atoms with Crippen molar-refractivity contribution in [2.24, 2.45) is 0 Å². The molecule has 0 bridgehead atoms. The Hall–Kier alpha value is -0.120. The van der Waals surface area contributed by atoms with Gasteiger partial charge in [0.25, 0.3) is 0 Å². The maximum Gasteiger partial charge on any atom is 0.348 e. The van der Waals surface area contributed by atoms with Crippen LogP contribution in [-0.2, 0) is 5.38 Å². The van der Waals surface area contributed by atoms with E-state index in [-0.39, 0.29) is 10.3 Å². The summed E-state index contributed by atoms with van der Waals surface area (Å²) in [6.07, 6.45) is 0. The Morgan fingerprint density at radius 1 is 1.17 bits per heavy atom. The van der Waals surface area contributed by atoms with Gasteiger partial charge >= 0.3 is 5.38 Å². The van der Waals surface area contributed by atoms with E-state index in [1.807, 2.05) is 0 Å². The van der Waals surface area contributed by atoms with E-state index in [1.54, 1.807) is 0 Å². The van der Waals surface area contributed by atoms with Crippen LogP contribution in [0.3, 0.4) is 0 Å². The van der Waals surface area contributed by atoms with E-state index < -0.39 is 10.9 Å². The quantitative estimate of drug-likeness (QED) is 0.532. The summed E-state index contributed by atoms with van der Waals surface area (Å²) in [5, 5.41) is -3.69. The molecule has 1 nitrogen and oxygen atoms in total. The van der Waals surface area contributed by atoms with E-state index in [1.165, 1.54) is 0 Å². The summed E-state index contributed by atoms with van der Waals surface area (Å²) < 4.78 is 24.9. The molecular weight excluding hydrogens is 230 g/mol. The Balaban J connectivity index is 3.18. The van der Waals surface area contributed by atoms with E-state index in [0.29, 0.717) is 0 Å². The molecule has 1 aromatic heterocycles. The summed E-state index contributed by atoms with van der Waals surface area (Å²) in [5.74, 6) is 0. The van der Waals surface area contributed by atoms with E-state index >= 15 is 0 Å². The lowest BCUT2D eigenvalue weighted by Crippen LogP contribution is -2.03. The summed E-state index contributed by atoms with van der Waals surface area (Å²) in [6.45, 7) is 0. The molecule has 0 N–H and O–H groups in total. The fourth-order valence-electron chi connectivity index (χ4n) is 0.629. The smallest absolute Gasteiger partial charge is 0.224 e. The summed E-state index contributed by atoms with van der Waals surface area (Å²) in [4.78, 5) is 3.49. The van der Waals surface area contributed by atoms with Crippen LogP contribution >= 0.6 is 34.8 Å². The molecule has 0 amide bonds. The summed E-state index contributed by atoms with van der Waals surface area (Å²) in [7, 11) is 0. The highest BCUT2D eigenvalue weighted by molar-refractivity contribution is 6.32. The van der Waals surface area contributed by atoms with Gasteiger partial charge in [-0.25, -0.2) is 4.98 Å². The van der Waals surface area contributed by atoms with Gasteiger partial charge in [-0.05, 0) is 23.7 Å². The van der Waals surface area contributed by atoms with Crippen molar-refractivity contribution in [1.29, 1.82) is 0 Å². The zero-order valence-electron chi connectivity index (χ0n) is 5.49. The van der Waals surface area contributed by atoms with Gasteiger partial charge in [0.05, 0.1) is 0 Å². The first-order valence-corrected chi connectivity index (χ1v) is 3.93. The first-order chi connectivity index (χ1) is 5.39. The molecule has 0 fully saturated rings. The van der Waals surface area contributed by atoms with E-state index in [9.17, 15) is 8.78 Å². The Morgan fingerprint density at radius 3 is 1.92 bits per heavy atom. The van der Waals surface area contributed by atoms with E-state index in [2.05, 4.69) is 4.98 Å². The largest absolute Gasteiger partial charge is 0.348 e. The number of aromatic nitrogens is 1. The normalized spacial score (nSPS) is 11.8. The van der Waals surface area contributed by atoms with Crippen molar-refractivity contribution < 1.29 is 8.78 Å². The number of hydrogen-bond acceptors (Lipinski definition) is 1. The minimum Gasteiger partial charge on any atom is -0.224 e. The molecule has 0 spiro atoms. The van der Waals surface area contributed by atoms with Crippen LogP contribution < -0.4 is 0 Å². The highest BCUT2D eigenvalue weighted by Gasteiger charge is 2.28. The summed E-state index contributed by atoms with van der Waals surface area (Å²) in [5.41, 5.74) is -0.464. The van der Waals surface area contributed by atoms with Gasteiger partial charge in [0.1, 0.15) is 10.3 Å². The lowest BCUT2D eigenvalue weighted by molar-refractivity contribution is 0.0950. The molecule has 0 saturated heterocycles. The zero-order chi connectivity index (χ0) is 9.35. The fraction of sp³-hybridized carbons (Fsp3) is 0.167. The molecule has 66 valence electrons. The van der Waals surface area contributed by atoms with Crippen molar-refractivity contribution in [2.75, 3.05) is 0 Å². The van der Waals surface area contributed by atoms with Crippen LogP contribution in [0.5, 0.6) is 0 Å².